The first-order valence-corrected chi connectivity index (χ1v) is 10.1. The number of hydrogen-bond acceptors (Lipinski definition) is 4. The Balaban J connectivity index is 1.55. The zero-order valence-corrected chi connectivity index (χ0v) is 15.9. The predicted octanol–water partition coefficient (Wildman–Crippen LogP) is 3.77. The van der Waals surface area contributed by atoms with E-state index in [1.807, 2.05) is 0 Å². The summed E-state index contributed by atoms with van der Waals surface area (Å²) < 4.78 is 0. The Hall–Kier alpha value is -1.36. The lowest BCUT2D eigenvalue weighted by molar-refractivity contribution is -0.142. The summed E-state index contributed by atoms with van der Waals surface area (Å²) in [4.78, 5) is 15.5. The lowest BCUT2D eigenvalue weighted by atomic mass is 9.47. The van der Waals surface area contributed by atoms with Crippen LogP contribution in [-0.4, -0.2) is 34.6 Å². The van der Waals surface area contributed by atoms with Crippen molar-refractivity contribution in [3.8, 4) is 0 Å². The van der Waals surface area contributed by atoms with Gasteiger partial charge in [0, 0.05) is 0 Å². The minimum absolute atomic E-state index is 0.116. The fourth-order valence-corrected chi connectivity index (χ4v) is 6.79. The lowest BCUT2D eigenvalue weighted by Gasteiger charge is -2.57. The minimum Gasteiger partial charge on any atom is -0.479 e. The van der Waals surface area contributed by atoms with Gasteiger partial charge in [0.2, 0.25) is 6.61 Å². The van der Waals surface area contributed by atoms with E-state index in [2.05, 4.69) is 25.1 Å². The number of carbonyl (C=O) groups is 1. The fourth-order valence-electron chi connectivity index (χ4n) is 6.79. The van der Waals surface area contributed by atoms with Gasteiger partial charge in [0.15, 0.2) is 0 Å². The summed E-state index contributed by atoms with van der Waals surface area (Å²) in [6, 6.07) is 0. The standard InChI is InChI=1S/C21H31NO4/c1-20-9-7-14(22-26-12-19(24)25)11-13(20)3-4-15-16-5-6-18(23)21(16,2)10-8-17(15)20/h11,15-18,23H,3-10,12H2,1-2H3,(H,24,25)/t15-,16-,17-,18-,20-,21-/m0/s1. The van der Waals surface area contributed by atoms with E-state index in [9.17, 15) is 9.90 Å². The second kappa shape index (κ2) is 6.36. The van der Waals surface area contributed by atoms with Gasteiger partial charge in [-0.25, -0.2) is 4.79 Å². The molecule has 3 fully saturated rings. The molecule has 0 unspecified atom stereocenters. The van der Waals surface area contributed by atoms with Crippen LogP contribution in [0.25, 0.3) is 0 Å². The third-order valence-electron chi connectivity index (χ3n) is 8.30. The second-order valence-electron chi connectivity index (χ2n) is 9.39. The molecule has 144 valence electrons. The van der Waals surface area contributed by atoms with Crippen molar-refractivity contribution in [1.82, 2.24) is 0 Å². The number of carboxylic acids is 1. The molecule has 0 spiro atoms. The molecule has 6 atom stereocenters. The molecule has 0 aromatic carbocycles. The quantitative estimate of drug-likeness (QED) is 0.750. The summed E-state index contributed by atoms with van der Waals surface area (Å²) >= 11 is 0. The predicted molar refractivity (Wildman–Crippen MR) is 98.7 cm³/mol. The second-order valence-corrected chi connectivity index (χ2v) is 9.39. The van der Waals surface area contributed by atoms with Crippen LogP contribution < -0.4 is 0 Å². The van der Waals surface area contributed by atoms with Gasteiger partial charge in [-0.1, -0.05) is 24.6 Å². The molecular weight excluding hydrogens is 330 g/mol. The highest BCUT2D eigenvalue weighted by Gasteiger charge is 2.58. The van der Waals surface area contributed by atoms with Crippen molar-refractivity contribution < 1.29 is 19.8 Å². The molecule has 4 rings (SSSR count). The Morgan fingerprint density at radius 3 is 2.77 bits per heavy atom. The first-order chi connectivity index (χ1) is 12.3. The molecule has 5 nitrogen and oxygen atoms in total. The van der Waals surface area contributed by atoms with E-state index < -0.39 is 5.97 Å². The van der Waals surface area contributed by atoms with Crippen LogP contribution in [0, 0.1) is 28.6 Å². The van der Waals surface area contributed by atoms with Crippen molar-refractivity contribution in [3.05, 3.63) is 11.6 Å². The van der Waals surface area contributed by atoms with Gasteiger partial charge in [-0.2, -0.15) is 0 Å². The molecule has 0 saturated heterocycles. The summed E-state index contributed by atoms with van der Waals surface area (Å²) in [7, 11) is 0. The van der Waals surface area contributed by atoms with Crippen LogP contribution in [0.2, 0.25) is 0 Å². The van der Waals surface area contributed by atoms with E-state index in [4.69, 9.17) is 9.94 Å². The minimum atomic E-state index is -0.993. The zero-order chi connectivity index (χ0) is 18.5. The number of rotatable bonds is 3. The molecule has 0 aliphatic heterocycles. The maximum Gasteiger partial charge on any atom is 0.344 e. The Labute approximate surface area is 155 Å². The van der Waals surface area contributed by atoms with Gasteiger partial charge in [-0.05, 0) is 86.0 Å². The average molecular weight is 361 g/mol. The van der Waals surface area contributed by atoms with Crippen LogP contribution >= 0.6 is 0 Å². The molecule has 26 heavy (non-hydrogen) atoms. The number of oxime groups is 1. The van der Waals surface area contributed by atoms with Gasteiger partial charge in [0.25, 0.3) is 0 Å². The SMILES string of the molecule is C[C@]12CC[C@H]3[C@@H](CCC4=CC(=NOCC(=O)O)CC[C@@]43C)[C@@H]1CC[C@@H]2O. The Morgan fingerprint density at radius 2 is 2.00 bits per heavy atom. The van der Waals surface area contributed by atoms with E-state index in [0.29, 0.717) is 11.8 Å². The van der Waals surface area contributed by atoms with Crippen molar-refractivity contribution >= 4 is 11.7 Å². The Kier molecular flexibility index (Phi) is 4.41. The summed E-state index contributed by atoms with van der Waals surface area (Å²) in [6.07, 6.45) is 10.8. The summed E-state index contributed by atoms with van der Waals surface area (Å²) in [5, 5.41) is 23.3. The third kappa shape index (κ3) is 2.70. The smallest absolute Gasteiger partial charge is 0.344 e. The van der Waals surface area contributed by atoms with E-state index in [1.165, 1.54) is 24.8 Å². The number of aliphatic carboxylic acids is 1. The topological polar surface area (TPSA) is 79.1 Å². The highest BCUT2D eigenvalue weighted by molar-refractivity contribution is 5.96. The van der Waals surface area contributed by atoms with Crippen LogP contribution in [0.1, 0.15) is 65.2 Å². The summed E-state index contributed by atoms with van der Waals surface area (Å²) in [5.41, 5.74) is 2.72. The van der Waals surface area contributed by atoms with E-state index in [-0.39, 0.29) is 23.5 Å². The highest BCUT2D eigenvalue weighted by atomic mass is 16.6. The molecule has 5 heteroatoms. The summed E-state index contributed by atoms with van der Waals surface area (Å²) in [6.45, 7) is 4.38. The normalized spacial score (nSPS) is 46.1. The van der Waals surface area contributed by atoms with Gasteiger partial charge < -0.3 is 15.1 Å². The van der Waals surface area contributed by atoms with E-state index in [0.717, 1.165) is 43.7 Å². The number of allylic oxidation sites excluding steroid dienone is 2. The monoisotopic (exact) mass is 361 g/mol. The zero-order valence-electron chi connectivity index (χ0n) is 15.9. The number of nitrogens with zero attached hydrogens (tertiary/aromatic N) is 1. The first kappa shape index (κ1) is 18.0. The van der Waals surface area contributed by atoms with Gasteiger partial charge in [-0.3, -0.25) is 0 Å². The number of carboxylic acid groups (broad SMARTS) is 1. The number of hydrogen-bond donors (Lipinski definition) is 2. The largest absolute Gasteiger partial charge is 0.479 e. The number of aliphatic hydroxyl groups excluding tert-OH is 1. The van der Waals surface area contributed by atoms with Crippen molar-refractivity contribution in [2.75, 3.05) is 6.61 Å². The lowest BCUT2D eigenvalue weighted by Crippen LogP contribution is -2.51. The van der Waals surface area contributed by atoms with Crippen LogP contribution in [-0.2, 0) is 9.63 Å². The average Bonchev–Trinajstić information content (AvgIpc) is 2.90. The summed E-state index contributed by atoms with van der Waals surface area (Å²) in [5.74, 6) is 1.11. The molecule has 4 aliphatic rings. The van der Waals surface area contributed by atoms with Gasteiger partial charge in [0.05, 0.1) is 11.8 Å². The molecule has 0 aromatic heterocycles. The van der Waals surface area contributed by atoms with Crippen LogP contribution in [0.4, 0.5) is 0 Å². The molecule has 4 aliphatic carbocycles. The van der Waals surface area contributed by atoms with Crippen molar-refractivity contribution in [2.24, 2.45) is 33.7 Å². The van der Waals surface area contributed by atoms with Gasteiger partial charge in [-0.15, -0.1) is 0 Å². The fraction of sp³-hybridized carbons (Fsp3) is 0.810. The maximum atomic E-state index is 10.6. The Bertz CT molecular complexity index is 656. The number of fused-ring (bicyclic) bond motifs is 5. The van der Waals surface area contributed by atoms with Crippen LogP contribution in [0.3, 0.4) is 0 Å². The molecule has 2 N–H and O–H groups in total. The molecular formula is C21H31NO4. The van der Waals surface area contributed by atoms with E-state index in [1.54, 1.807) is 0 Å². The van der Waals surface area contributed by atoms with Crippen molar-refractivity contribution in [1.29, 1.82) is 0 Å². The Morgan fingerprint density at radius 1 is 1.19 bits per heavy atom. The van der Waals surface area contributed by atoms with Crippen LogP contribution in [0.5, 0.6) is 0 Å². The van der Waals surface area contributed by atoms with Gasteiger partial charge >= 0.3 is 5.97 Å². The number of aliphatic hydroxyl groups is 1. The molecule has 0 radical (unpaired) electrons. The maximum absolute atomic E-state index is 10.6. The molecule has 0 aromatic rings. The van der Waals surface area contributed by atoms with Crippen molar-refractivity contribution in [3.63, 3.8) is 0 Å². The molecule has 0 amide bonds. The molecule has 3 saturated carbocycles. The van der Waals surface area contributed by atoms with Crippen molar-refractivity contribution in [2.45, 2.75) is 71.3 Å². The van der Waals surface area contributed by atoms with E-state index >= 15 is 0 Å². The van der Waals surface area contributed by atoms with Crippen LogP contribution in [0.15, 0.2) is 16.8 Å². The third-order valence-corrected chi connectivity index (χ3v) is 8.30. The molecule has 0 bridgehead atoms. The molecule has 0 heterocycles. The van der Waals surface area contributed by atoms with Gasteiger partial charge in [0.1, 0.15) is 0 Å². The first-order valence-electron chi connectivity index (χ1n) is 10.1. The highest BCUT2D eigenvalue weighted by Crippen LogP contribution is 2.65.